The average molecular weight is 767 g/mol. The van der Waals surface area contributed by atoms with Gasteiger partial charge >= 0.3 is 5.97 Å². The van der Waals surface area contributed by atoms with E-state index < -0.39 is 94.5 Å². The molecule has 0 spiro atoms. The summed E-state index contributed by atoms with van der Waals surface area (Å²) in [5.74, 6) is -6.43. The van der Waals surface area contributed by atoms with E-state index in [0.717, 1.165) is 4.90 Å². The van der Waals surface area contributed by atoms with E-state index in [2.05, 4.69) is 33.9 Å². The number of aliphatic hydroxyl groups excluding tert-OH is 2. The van der Waals surface area contributed by atoms with Gasteiger partial charge in [-0.25, -0.2) is 0 Å². The molecule has 10 N–H and O–H groups in total. The van der Waals surface area contributed by atoms with E-state index in [1.165, 1.54) is 24.3 Å². The van der Waals surface area contributed by atoms with Crippen LogP contribution in [0.5, 0.6) is 5.75 Å². The molecule has 1 aliphatic heterocycles. The number of phenols is 1. The molecule has 1 aromatic rings. The van der Waals surface area contributed by atoms with Crippen molar-refractivity contribution in [2.45, 2.75) is 52.6 Å². The topological polar surface area (TPSA) is 278 Å². The number of aromatic hydroxyl groups is 1. The highest BCUT2D eigenvalue weighted by Gasteiger charge is 2.39. The minimum absolute atomic E-state index is 0.0358. The number of hydrogen-bond donors (Lipinski definition) is 10. The molecule has 2 rings (SSSR count). The minimum atomic E-state index is -1.47. The van der Waals surface area contributed by atoms with Crippen LogP contribution in [0.25, 0.3) is 0 Å². The summed E-state index contributed by atoms with van der Waals surface area (Å²) in [5, 5.41) is 45.6. The van der Waals surface area contributed by atoms with E-state index in [4.69, 9.17) is 10.8 Å². The fourth-order valence-electron chi connectivity index (χ4n) is 4.30. The lowest BCUT2D eigenvalue weighted by Gasteiger charge is -2.28. The van der Waals surface area contributed by atoms with Crippen molar-refractivity contribution in [1.82, 2.24) is 26.2 Å². The van der Waals surface area contributed by atoms with E-state index in [0.29, 0.717) is 12.0 Å². The number of primary amides is 1. The van der Waals surface area contributed by atoms with Crippen LogP contribution in [0.1, 0.15) is 18.4 Å². The molecule has 45 heavy (non-hydrogen) atoms. The van der Waals surface area contributed by atoms with Crippen molar-refractivity contribution in [2.24, 2.45) is 5.73 Å². The number of carboxylic acid groups (broad SMARTS) is 1. The van der Waals surface area contributed by atoms with Crippen molar-refractivity contribution < 1.29 is 54.0 Å². The van der Waals surface area contributed by atoms with Gasteiger partial charge in [0.15, 0.2) is 0 Å². The molecule has 0 aliphatic carbocycles. The highest BCUT2D eigenvalue weighted by Crippen LogP contribution is 2.19. The van der Waals surface area contributed by atoms with E-state index >= 15 is 0 Å². The summed E-state index contributed by atoms with van der Waals surface area (Å²) in [6, 6.07) is 0.487. The van der Waals surface area contributed by atoms with Crippen LogP contribution in [0.2, 0.25) is 0 Å². The largest absolute Gasteiger partial charge is 0.508 e. The Bertz CT molecular complexity index is 1270. The summed E-state index contributed by atoms with van der Waals surface area (Å²) in [6.45, 7) is -2.13. The molecule has 1 aromatic carbocycles. The number of alkyl halides is 1. The third kappa shape index (κ3) is 11.0. The predicted molar refractivity (Wildman–Crippen MR) is 167 cm³/mol. The number of carbonyl (C=O) groups excluding carboxylic acids is 6. The smallest absolute Gasteiger partial charge is 0.317 e. The normalized spacial score (nSPS) is 17.6. The lowest BCUT2D eigenvalue weighted by atomic mass is 10.0. The summed E-state index contributed by atoms with van der Waals surface area (Å²) in [5.41, 5.74) is 5.68. The number of halogens is 1. The van der Waals surface area contributed by atoms with Crippen LogP contribution in [0, 0.1) is 0 Å². The molecule has 1 heterocycles. The van der Waals surface area contributed by atoms with Crippen LogP contribution in [0.3, 0.4) is 0 Å². The summed E-state index contributed by atoms with van der Waals surface area (Å²) >= 11 is 5.39. The molecule has 17 nitrogen and oxygen atoms in total. The Balaban J connectivity index is 2.05. The molecule has 6 amide bonds. The summed E-state index contributed by atoms with van der Waals surface area (Å²) < 4.78 is -1.17. The van der Waals surface area contributed by atoms with Crippen LogP contribution in [-0.4, -0.2) is 126 Å². The van der Waals surface area contributed by atoms with Crippen molar-refractivity contribution in [3.63, 3.8) is 0 Å². The van der Waals surface area contributed by atoms with Gasteiger partial charge in [0.25, 0.3) is 0 Å². The first kappa shape index (κ1) is 37.5. The minimum Gasteiger partial charge on any atom is -0.508 e. The standard InChI is InChI=1S/C26H35IN6O11S/c27-19(20(45)26(43)44)24(41)32-16(11-35)25(42)33-7-1-2-17(33)23(40)29-9-18(37)30-14(8-12-3-5-13(36)6-4-12)22(39)31-15(10-34)21(28)38/h3-6,14-17,19-20,34-36,45H,1-2,7-11H2,(H2,28,38)(H,29,40)(H,30,37)(H,31,39)(H,32,41)(H,43,44)/t14-,15-,16-,17?,19-,20-/m0/s1. The number of amides is 6. The molecule has 0 saturated carbocycles. The first-order chi connectivity index (χ1) is 21.2. The maximum Gasteiger partial charge on any atom is 0.317 e. The zero-order valence-electron chi connectivity index (χ0n) is 23.7. The maximum absolute atomic E-state index is 13.1. The second-order valence-electron chi connectivity index (χ2n) is 9.97. The van der Waals surface area contributed by atoms with Crippen molar-refractivity contribution in [3.05, 3.63) is 29.8 Å². The molecule has 1 saturated heterocycles. The predicted octanol–water partition coefficient (Wildman–Crippen LogP) is -3.85. The fraction of sp³-hybridized carbons (Fsp3) is 0.500. The van der Waals surface area contributed by atoms with E-state index in [9.17, 15) is 48.9 Å². The van der Waals surface area contributed by atoms with Crippen LogP contribution in [0.15, 0.2) is 24.3 Å². The number of carboxylic acids is 1. The van der Waals surface area contributed by atoms with Crippen LogP contribution in [-0.2, 0) is 40.0 Å². The maximum atomic E-state index is 13.1. The van der Waals surface area contributed by atoms with Gasteiger partial charge in [-0.05, 0) is 30.5 Å². The number of likely N-dealkylation sites (tertiary alicyclic amines) is 1. The Morgan fingerprint density at radius 3 is 2.11 bits per heavy atom. The SMILES string of the molecule is NC(=O)[C@H](CO)NC(=O)[C@H](Cc1ccc(O)cc1)NC(=O)CNC(=O)C1CCCN1C(=O)[C@H](CO)NC(=O)[C@@H](I)[C@H](S)C(=O)O. The highest BCUT2D eigenvalue weighted by atomic mass is 127. The molecular formula is C26H35IN6O11S. The number of aliphatic hydroxyl groups is 2. The Labute approximate surface area is 276 Å². The van der Waals surface area contributed by atoms with Crippen molar-refractivity contribution >= 4 is 76.6 Å². The second kappa shape index (κ2) is 17.7. The quantitative estimate of drug-likeness (QED) is 0.0442. The van der Waals surface area contributed by atoms with Crippen LogP contribution in [0.4, 0.5) is 0 Å². The molecule has 0 bridgehead atoms. The molecule has 0 radical (unpaired) electrons. The van der Waals surface area contributed by atoms with Crippen LogP contribution < -0.4 is 27.0 Å². The van der Waals surface area contributed by atoms with Gasteiger partial charge in [0.05, 0.1) is 19.8 Å². The molecule has 19 heteroatoms. The Morgan fingerprint density at radius 2 is 1.56 bits per heavy atom. The summed E-state index contributed by atoms with van der Waals surface area (Å²) in [4.78, 5) is 87.9. The van der Waals surface area contributed by atoms with Crippen molar-refractivity contribution in [3.8, 4) is 5.75 Å². The van der Waals surface area contributed by atoms with Gasteiger partial charge in [-0.15, -0.1) is 0 Å². The van der Waals surface area contributed by atoms with E-state index in [1.54, 1.807) is 22.6 Å². The van der Waals surface area contributed by atoms with Gasteiger partial charge in [0, 0.05) is 13.0 Å². The van der Waals surface area contributed by atoms with Gasteiger partial charge in [-0.1, -0.05) is 34.7 Å². The average Bonchev–Trinajstić information content (AvgIpc) is 3.50. The highest BCUT2D eigenvalue weighted by molar-refractivity contribution is 14.1. The van der Waals surface area contributed by atoms with Gasteiger partial charge < -0.3 is 52.3 Å². The molecule has 1 fully saturated rings. The molecule has 248 valence electrons. The van der Waals surface area contributed by atoms with E-state index in [1.807, 2.05) is 0 Å². The van der Waals surface area contributed by atoms with Crippen molar-refractivity contribution in [1.29, 1.82) is 0 Å². The Morgan fingerprint density at radius 1 is 0.956 bits per heavy atom. The zero-order chi connectivity index (χ0) is 33.8. The molecule has 6 atom stereocenters. The first-order valence-electron chi connectivity index (χ1n) is 13.5. The number of nitrogens with two attached hydrogens (primary N) is 1. The third-order valence-electron chi connectivity index (χ3n) is 6.71. The Kier molecular flexibility index (Phi) is 14.8. The Hall–Kier alpha value is -3.69. The number of phenolic OH excluding ortho intramolecular Hbond substituents is 1. The number of benzene rings is 1. The lowest BCUT2D eigenvalue weighted by Crippen LogP contribution is -2.57. The summed E-state index contributed by atoms with van der Waals surface area (Å²) in [6.07, 6.45) is 0.509. The number of nitrogens with one attached hydrogen (secondary N) is 4. The zero-order valence-corrected chi connectivity index (χ0v) is 26.8. The molecular weight excluding hydrogens is 731 g/mol. The van der Waals surface area contributed by atoms with Gasteiger partial charge in [0.1, 0.15) is 39.1 Å². The molecule has 1 aliphatic rings. The van der Waals surface area contributed by atoms with Crippen LogP contribution >= 0.6 is 35.2 Å². The third-order valence-corrected chi connectivity index (χ3v) is 9.08. The molecule has 1 unspecified atom stereocenters. The second-order valence-corrected chi connectivity index (χ2v) is 11.9. The van der Waals surface area contributed by atoms with Crippen molar-refractivity contribution in [2.75, 3.05) is 26.3 Å². The lowest BCUT2D eigenvalue weighted by molar-refractivity contribution is -0.142. The van der Waals surface area contributed by atoms with Gasteiger partial charge in [0.2, 0.25) is 35.4 Å². The van der Waals surface area contributed by atoms with E-state index in [-0.39, 0.29) is 25.1 Å². The first-order valence-corrected chi connectivity index (χ1v) is 15.3. The monoisotopic (exact) mass is 766 g/mol. The number of nitrogens with zero attached hydrogens (tertiary/aromatic N) is 1. The summed E-state index contributed by atoms with van der Waals surface area (Å²) in [7, 11) is 0. The number of rotatable bonds is 16. The number of thiol groups is 1. The van der Waals surface area contributed by atoms with Gasteiger partial charge in [-0.2, -0.15) is 12.6 Å². The number of hydrogen-bond acceptors (Lipinski definition) is 11. The van der Waals surface area contributed by atoms with Gasteiger partial charge in [-0.3, -0.25) is 33.6 Å². The fourth-order valence-corrected chi connectivity index (χ4v) is 4.92. The molecule has 0 aromatic heterocycles. The number of aliphatic carboxylic acids is 1. The number of carbonyl (C=O) groups is 7.